The summed E-state index contributed by atoms with van der Waals surface area (Å²) in [5, 5.41) is 0. The molecule has 0 rings (SSSR count). The molecule has 0 saturated carbocycles. The lowest BCUT2D eigenvalue weighted by Gasteiger charge is -2.31. The molecular weight excluding hydrogens is 190 g/mol. The summed E-state index contributed by atoms with van der Waals surface area (Å²) < 4.78 is 0. The Labute approximate surface area is 93.0 Å². The number of hydrogen-bond donors (Lipinski definition) is 2. The van der Waals surface area contributed by atoms with E-state index in [4.69, 9.17) is 11.5 Å². The monoisotopic (exact) mass is 215 g/mol. The molecule has 0 unspecified atom stereocenters. The largest absolute Gasteiger partial charge is 0.344 e. The summed E-state index contributed by atoms with van der Waals surface area (Å²) >= 11 is 0. The number of hydrogen-bond acceptors (Lipinski definition) is 3. The van der Waals surface area contributed by atoms with Crippen LogP contribution in [0.4, 0.5) is 0 Å². The van der Waals surface area contributed by atoms with Crippen LogP contribution in [0.1, 0.15) is 27.7 Å². The maximum atomic E-state index is 11.8. The van der Waals surface area contributed by atoms with E-state index < -0.39 is 6.04 Å². The maximum absolute atomic E-state index is 11.8. The lowest BCUT2D eigenvalue weighted by atomic mass is 9.92. The van der Waals surface area contributed by atoms with Gasteiger partial charge in [-0.2, -0.15) is 0 Å². The van der Waals surface area contributed by atoms with E-state index in [0.29, 0.717) is 13.1 Å². The van der Waals surface area contributed by atoms with E-state index in [1.807, 2.05) is 27.7 Å². The second kappa shape index (κ2) is 5.47. The number of amides is 1. The van der Waals surface area contributed by atoms with Gasteiger partial charge < -0.3 is 16.4 Å². The molecular formula is C11H25N3O. The van der Waals surface area contributed by atoms with Crippen molar-refractivity contribution in [2.75, 3.05) is 20.1 Å². The molecule has 0 aromatic carbocycles. The third kappa shape index (κ3) is 4.62. The van der Waals surface area contributed by atoms with Crippen molar-refractivity contribution in [3.05, 3.63) is 0 Å². The summed E-state index contributed by atoms with van der Waals surface area (Å²) in [6.07, 6.45) is 0. The number of rotatable bonds is 5. The molecule has 4 heteroatoms. The first-order valence-electron chi connectivity index (χ1n) is 5.42. The quantitative estimate of drug-likeness (QED) is 0.698. The molecule has 0 radical (unpaired) electrons. The van der Waals surface area contributed by atoms with E-state index >= 15 is 0 Å². The van der Waals surface area contributed by atoms with Gasteiger partial charge in [-0.05, 0) is 17.9 Å². The van der Waals surface area contributed by atoms with Crippen LogP contribution in [0.3, 0.4) is 0 Å². The van der Waals surface area contributed by atoms with Crippen LogP contribution in [-0.4, -0.2) is 37.0 Å². The van der Waals surface area contributed by atoms with Gasteiger partial charge in [0.2, 0.25) is 5.91 Å². The van der Waals surface area contributed by atoms with Gasteiger partial charge in [0.25, 0.3) is 0 Å². The summed E-state index contributed by atoms with van der Waals surface area (Å²) in [7, 11) is 1.78. The van der Waals surface area contributed by atoms with Crippen molar-refractivity contribution in [2.45, 2.75) is 33.7 Å². The SMILES string of the molecule is CC(C)[C@H](N)C(=O)N(C)CC(C)(C)CN. The van der Waals surface area contributed by atoms with Crippen molar-refractivity contribution >= 4 is 5.91 Å². The third-order valence-electron chi connectivity index (χ3n) is 2.60. The van der Waals surface area contributed by atoms with Crippen LogP contribution in [0.5, 0.6) is 0 Å². The fraction of sp³-hybridized carbons (Fsp3) is 0.909. The molecule has 15 heavy (non-hydrogen) atoms. The molecule has 1 atom stereocenters. The van der Waals surface area contributed by atoms with Gasteiger partial charge in [0.1, 0.15) is 0 Å². The summed E-state index contributed by atoms with van der Waals surface area (Å²) in [6, 6.07) is -0.413. The fourth-order valence-electron chi connectivity index (χ4n) is 1.32. The minimum absolute atomic E-state index is 0.00785. The Balaban J connectivity index is 4.34. The van der Waals surface area contributed by atoms with Crippen molar-refractivity contribution < 1.29 is 4.79 Å². The van der Waals surface area contributed by atoms with Gasteiger partial charge in [-0.25, -0.2) is 0 Å². The Morgan fingerprint density at radius 1 is 1.40 bits per heavy atom. The molecule has 0 fully saturated rings. The lowest BCUT2D eigenvalue weighted by Crippen LogP contribution is -2.48. The minimum Gasteiger partial charge on any atom is -0.344 e. The minimum atomic E-state index is -0.413. The Morgan fingerprint density at radius 2 is 1.87 bits per heavy atom. The molecule has 0 aliphatic carbocycles. The molecule has 4 nitrogen and oxygen atoms in total. The zero-order chi connectivity index (χ0) is 12.2. The number of nitrogens with two attached hydrogens (primary N) is 2. The average molecular weight is 215 g/mol. The molecule has 0 spiro atoms. The maximum Gasteiger partial charge on any atom is 0.239 e. The molecule has 0 bridgehead atoms. The molecule has 4 N–H and O–H groups in total. The van der Waals surface area contributed by atoms with Gasteiger partial charge in [0, 0.05) is 13.6 Å². The van der Waals surface area contributed by atoms with Crippen molar-refractivity contribution in [2.24, 2.45) is 22.8 Å². The summed E-state index contributed by atoms with van der Waals surface area (Å²) in [6.45, 7) is 9.18. The van der Waals surface area contributed by atoms with Crippen LogP contribution in [0.15, 0.2) is 0 Å². The predicted molar refractivity (Wildman–Crippen MR) is 63.3 cm³/mol. The molecule has 90 valence electrons. The van der Waals surface area contributed by atoms with Crippen LogP contribution in [0.2, 0.25) is 0 Å². The standard InChI is InChI=1S/C11H25N3O/c1-8(2)9(13)10(15)14(5)7-11(3,4)6-12/h8-9H,6-7,12-13H2,1-5H3/t9-/m0/s1. The average Bonchev–Trinajstić information content (AvgIpc) is 2.14. The first-order valence-corrected chi connectivity index (χ1v) is 5.42. The highest BCUT2D eigenvalue weighted by atomic mass is 16.2. The summed E-state index contributed by atoms with van der Waals surface area (Å²) in [4.78, 5) is 13.5. The van der Waals surface area contributed by atoms with Crippen molar-refractivity contribution in [3.63, 3.8) is 0 Å². The van der Waals surface area contributed by atoms with Gasteiger partial charge in [-0.15, -0.1) is 0 Å². The lowest BCUT2D eigenvalue weighted by molar-refractivity contribution is -0.133. The van der Waals surface area contributed by atoms with Gasteiger partial charge >= 0.3 is 0 Å². The second-order valence-electron chi connectivity index (χ2n) is 5.33. The van der Waals surface area contributed by atoms with Crippen LogP contribution in [0.25, 0.3) is 0 Å². The fourth-order valence-corrected chi connectivity index (χ4v) is 1.32. The van der Waals surface area contributed by atoms with E-state index in [2.05, 4.69) is 0 Å². The number of likely N-dealkylation sites (N-methyl/N-ethyl adjacent to an activating group) is 1. The van der Waals surface area contributed by atoms with Crippen molar-refractivity contribution in [1.82, 2.24) is 4.90 Å². The van der Waals surface area contributed by atoms with Gasteiger partial charge in [-0.3, -0.25) is 4.79 Å². The zero-order valence-electron chi connectivity index (χ0n) is 10.6. The van der Waals surface area contributed by atoms with E-state index in [-0.39, 0.29) is 17.2 Å². The second-order valence-corrected chi connectivity index (χ2v) is 5.33. The molecule has 0 heterocycles. The van der Waals surface area contributed by atoms with Crippen LogP contribution in [0, 0.1) is 11.3 Å². The highest BCUT2D eigenvalue weighted by Gasteiger charge is 2.25. The van der Waals surface area contributed by atoms with Crippen LogP contribution >= 0.6 is 0 Å². The Kier molecular flexibility index (Phi) is 5.24. The van der Waals surface area contributed by atoms with Gasteiger partial charge in [0.15, 0.2) is 0 Å². The number of carbonyl (C=O) groups is 1. The van der Waals surface area contributed by atoms with E-state index in [9.17, 15) is 4.79 Å². The Bertz CT molecular complexity index is 214. The van der Waals surface area contributed by atoms with Crippen LogP contribution in [-0.2, 0) is 4.79 Å². The Morgan fingerprint density at radius 3 is 2.20 bits per heavy atom. The van der Waals surface area contributed by atoms with Crippen molar-refractivity contribution in [1.29, 1.82) is 0 Å². The third-order valence-corrected chi connectivity index (χ3v) is 2.60. The molecule has 0 aromatic heterocycles. The van der Waals surface area contributed by atoms with E-state index in [1.165, 1.54) is 0 Å². The number of carbonyl (C=O) groups excluding carboxylic acids is 1. The highest BCUT2D eigenvalue weighted by molar-refractivity contribution is 5.81. The van der Waals surface area contributed by atoms with E-state index in [1.54, 1.807) is 11.9 Å². The molecule has 0 saturated heterocycles. The molecule has 1 amide bonds. The molecule has 0 aliphatic heterocycles. The summed E-state index contributed by atoms with van der Waals surface area (Å²) in [5.41, 5.74) is 11.4. The topological polar surface area (TPSA) is 72.4 Å². The smallest absolute Gasteiger partial charge is 0.239 e. The first-order chi connectivity index (χ1) is 6.71. The zero-order valence-corrected chi connectivity index (χ0v) is 10.6. The summed E-state index contributed by atoms with van der Waals surface area (Å²) in [5.74, 6) is 0.160. The Hall–Kier alpha value is -0.610. The highest BCUT2D eigenvalue weighted by Crippen LogP contribution is 2.15. The number of nitrogens with zero attached hydrogens (tertiary/aromatic N) is 1. The van der Waals surface area contributed by atoms with Gasteiger partial charge in [-0.1, -0.05) is 27.7 Å². The normalized spacial score (nSPS) is 14.1. The molecule has 0 aliphatic rings. The van der Waals surface area contributed by atoms with Gasteiger partial charge in [0.05, 0.1) is 6.04 Å². The predicted octanol–water partition coefficient (Wildman–Crippen LogP) is 0.413. The van der Waals surface area contributed by atoms with Crippen LogP contribution < -0.4 is 11.5 Å². The van der Waals surface area contributed by atoms with Crippen molar-refractivity contribution in [3.8, 4) is 0 Å². The first kappa shape index (κ1) is 14.4. The van der Waals surface area contributed by atoms with E-state index in [0.717, 1.165) is 0 Å². The molecule has 0 aromatic rings.